The van der Waals surface area contributed by atoms with Crippen molar-refractivity contribution in [2.24, 2.45) is 0 Å². The number of nitrogens with one attached hydrogen (secondary N) is 1. The van der Waals surface area contributed by atoms with Gasteiger partial charge in [-0.05, 0) is 24.6 Å². The lowest BCUT2D eigenvalue weighted by Gasteiger charge is -2.32. The van der Waals surface area contributed by atoms with Crippen molar-refractivity contribution < 1.29 is 22.4 Å². The molecule has 2 saturated heterocycles. The Balaban J connectivity index is 1.72. The first kappa shape index (κ1) is 17.2. The largest absolute Gasteiger partial charge is 0.416 e. The molecule has 4 nitrogen and oxygen atoms in total. The molecule has 8 heteroatoms. The molecule has 2 aliphatic rings. The minimum atomic E-state index is -4.68. The first-order valence-electron chi connectivity index (χ1n) is 7.96. The third-order valence-corrected chi connectivity index (χ3v) is 4.59. The lowest BCUT2D eigenvalue weighted by molar-refractivity contribution is -0.137. The van der Waals surface area contributed by atoms with Crippen LogP contribution in [0.1, 0.15) is 22.3 Å². The van der Waals surface area contributed by atoms with E-state index >= 15 is 0 Å². The third kappa shape index (κ3) is 3.70. The molecule has 0 spiro atoms. The van der Waals surface area contributed by atoms with Crippen LogP contribution in [0.25, 0.3) is 0 Å². The van der Waals surface area contributed by atoms with Gasteiger partial charge in [0.2, 0.25) is 0 Å². The summed E-state index contributed by atoms with van der Waals surface area (Å²) < 4.78 is 51.9. The van der Waals surface area contributed by atoms with Gasteiger partial charge in [0.05, 0.1) is 5.56 Å². The number of carbonyl (C=O) groups is 1. The van der Waals surface area contributed by atoms with Crippen molar-refractivity contribution in [3.05, 3.63) is 35.1 Å². The van der Waals surface area contributed by atoms with Crippen LogP contribution in [0, 0.1) is 5.82 Å². The molecule has 0 radical (unpaired) electrons. The summed E-state index contributed by atoms with van der Waals surface area (Å²) in [6.45, 7) is 4.52. The van der Waals surface area contributed by atoms with Crippen molar-refractivity contribution in [3.63, 3.8) is 0 Å². The average Bonchev–Trinajstić information content (AvgIpc) is 3.03. The van der Waals surface area contributed by atoms with Crippen LogP contribution >= 0.6 is 0 Å². The zero-order valence-electron chi connectivity index (χ0n) is 13.1. The van der Waals surface area contributed by atoms with Crippen molar-refractivity contribution in [2.45, 2.75) is 18.6 Å². The number of piperazine rings is 1. The Kier molecular flexibility index (Phi) is 4.78. The van der Waals surface area contributed by atoms with E-state index in [0.717, 1.165) is 44.7 Å². The second-order valence-electron chi connectivity index (χ2n) is 6.21. The molecule has 132 valence electrons. The maximum atomic E-state index is 13.5. The molecule has 2 heterocycles. The summed E-state index contributed by atoms with van der Waals surface area (Å²) in [6.07, 6.45) is -3.89. The first-order chi connectivity index (χ1) is 11.3. The van der Waals surface area contributed by atoms with E-state index in [1.807, 2.05) is 0 Å². The van der Waals surface area contributed by atoms with Gasteiger partial charge in [-0.15, -0.1) is 0 Å². The molecule has 2 fully saturated rings. The number of rotatable bonds is 2. The summed E-state index contributed by atoms with van der Waals surface area (Å²) in [4.78, 5) is 16.3. The lowest BCUT2D eigenvalue weighted by Crippen LogP contribution is -2.49. The van der Waals surface area contributed by atoms with Crippen LogP contribution in [0.3, 0.4) is 0 Å². The Labute approximate surface area is 137 Å². The third-order valence-electron chi connectivity index (χ3n) is 4.59. The summed E-state index contributed by atoms with van der Waals surface area (Å²) in [7, 11) is 0. The van der Waals surface area contributed by atoms with Crippen LogP contribution in [0.15, 0.2) is 18.2 Å². The molecule has 1 unspecified atom stereocenters. The fourth-order valence-electron chi connectivity index (χ4n) is 3.33. The Morgan fingerprint density at radius 2 is 1.83 bits per heavy atom. The number of carbonyl (C=O) groups excluding carboxylic acids is 1. The van der Waals surface area contributed by atoms with Crippen LogP contribution < -0.4 is 5.32 Å². The molecule has 2 aliphatic heterocycles. The summed E-state index contributed by atoms with van der Waals surface area (Å²) in [5.41, 5.74) is -1.38. The second kappa shape index (κ2) is 6.68. The zero-order valence-corrected chi connectivity index (χ0v) is 13.1. The molecular weight excluding hydrogens is 326 g/mol. The zero-order chi connectivity index (χ0) is 17.3. The summed E-state index contributed by atoms with van der Waals surface area (Å²) >= 11 is 0. The predicted molar refractivity (Wildman–Crippen MR) is 80.2 cm³/mol. The Hall–Kier alpha value is -1.67. The van der Waals surface area contributed by atoms with Crippen LogP contribution in [0.5, 0.6) is 0 Å². The maximum absolute atomic E-state index is 13.5. The molecule has 0 bridgehead atoms. The van der Waals surface area contributed by atoms with Gasteiger partial charge in [0, 0.05) is 50.9 Å². The SMILES string of the molecule is O=C(c1cc(F)cc(C(F)(F)F)c1)N1CCC(N2CCNCC2)C1. The fourth-order valence-corrected chi connectivity index (χ4v) is 3.33. The standard InChI is InChI=1S/C16H19F4N3O/c17-13-8-11(7-12(9-13)16(18,19)20)15(24)23-4-1-14(10-23)22-5-2-21-3-6-22/h7-9,14,21H,1-6,10H2. The molecule has 1 atom stereocenters. The van der Waals surface area contributed by atoms with Gasteiger partial charge in [0.15, 0.2) is 0 Å². The monoisotopic (exact) mass is 345 g/mol. The van der Waals surface area contributed by atoms with Gasteiger partial charge in [0.25, 0.3) is 5.91 Å². The highest BCUT2D eigenvalue weighted by Gasteiger charge is 2.34. The fraction of sp³-hybridized carbons (Fsp3) is 0.562. The van der Waals surface area contributed by atoms with E-state index in [4.69, 9.17) is 0 Å². The Morgan fingerprint density at radius 1 is 1.12 bits per heavy atom. The summed E-state index contributed by atoms with van der Waals surface area (Å²) in [6, 6.07) is 2.22. The molecule has 1 aromatic carbocycles. The highest BCUT2D eigenvalue weighted by molar-refractivity contribution is 5.94. The summed E-state index contributed by atoms with van der Waals surface area (Å²) in [5.74, 6) is -1.59. The van der Waals surface area contributed by atoms with Crippen molar-refractivity contribution in [1.29, 1.82) is 0 Å². The van der Waals surface area contributed by atoms with Crippen molar-refractivity contribution in [1.82, 2.24) is 15.1 Å². The smallest absolute Gasteiger partial charge is 0.337 e. The number of alkyl halides is 3. The molecule has 0 saturated carbocycles. The highest BCUT2D eigenvalue weighted by atomic mass is 19.4. The van der Waals surface area contributed by atoms with E-state index in [0.29, 0.717) is 19.2 Å². The van der Waals surface area contributed by atoms with Crippen LogP contribution in [-0.2, 0) is 6.18 Å². The Bertz CT molecular complexity index is 614. The quantitative estimate of drug-likeness (QED) is 0.833. The normalized spacial score (nSPS) is 22.8. The number of amides is 1. The number of likely N-dealkylation sites (tertiary alicyclic amines) is 1. The minimum absolute atomic E-state index is 0.215. The van der Waals surface area contributed by atoms with Crippen molar-refractivity contribution in [2.75, 3.05) is 39.3 Å². The molecule has 24 heavy (non-hydrogen) atoms. The predicted octanol–water partition coefficient (Wildman–Crippen LogP) is 1.96. The van der Waals surface area contributed by atoms with E-state index in [1.54, 1.807) is 0 Å². The van der Waals surface area contributed by atoms with E-state index in [-0.39, 0.29) is 11.6 Å². The molecule has 1 N–H and O–H groups in total. The van der Waals surface area contributed by atoms with Gasteiger partial charge >= 0.3 is 6.18 Å². The molecule has 3 rings (SSSR count). The van der Waals surface area contributed by atoms with E-state index in [1.165, 1.54) is 4.90 Å². The molecule has 1 aromatic rings. The van der Waals surface area contributed by atoms with Crippen molar-refractivity contribution >= 4 is 5.91 Å². The first-order valence-corrected chi connectivity index (χ1v) is 7.96. The van der Waals surface area contributed by atoms with Gasteiger partial charge in [0.1, 0.15) is 5.82 Å². The van der Waals surface area contributed by atoms with E-state index < -0.39 is 23.5 Å². The second-order valence-corrected chi connectivity index (χ2v) is 6.21. The number of hydrogen-bond donors (Lipinski definition) is 1. The average molecular weight is 345 g/mol. The van der Waals surface area contributed by atoms with Gasteiger partial charge in [-0.3, -0.25) is 9.69 Å². The minimum Gasteiger partial charge on any atom is -0.337 e. The lowest BCUT2D eigenvalue weighted by atomic mass is 10.1. The Morgan fingerprint density at radius 3 is 2.50 bits per heavy atom. The van der Waals surface area contributed by atoms with E-state index in [9.17, 15) is 22.4 Å². The highest BCUT2D eigenvalue weighted by Crippen LogP contribution is 2.31. The molecule has 1 amide bonds. The van der Waals surface area contributed by atoms with Gasteiger partial charge < -0.3 is 10.2 Å². The number of benzene rings is 1. The van der Waals surface area contributed by atoms with Crippen LogP contribution in [0.2, 0.25) is 0 Å². The number of hydrogen-bond acceptors (Lipinski definition) is 3. The van der Waals surface area contributed by atoms with Crippen LogP contribution in [-0.4, -0.2) is 61.0 Å². The van der Waals surface area contributed by atoms with Crippen molar-refractivity contribution in [3.8, 4) is 0 Å². The number of nitrogens with zero attached hydrogens (tertiary/aromatic N) is 2. The van der Waals surface area contributed by atoms with Gasteiger partial charge in [-0.2, -0.15) is 13.2 Å². The topological polar surface area (TPSA) is 35.6 Å². The van der Waals surface area contributed by atoms with Gasteiger partial charge in [-0.1, -0.05) is 0 Å². The molecule has 0 aliphatic carbocycles. The van der Waals surface area contributed by atoms with Crippen LogP contribution in [0.4, 0.5) is 17.6 Å². The van der Waals surface area contributed by atoms with E-state index in [2.05, 4.69) is 10.2 Å². The van der Waals surface area contributed by atoms with Gasteiger partial charge in [-0.25, -0.2) is 4.39 Å². The number of halogens is 4. The molecule has 0 aromatic heterocycles. The summed E-state index contributed by atoms with van der Waals surface area (Å²) in [5, 5.41) is 3.25. The molecular formula is C16H19F4N3O. The maximum Gasteiger partial charge on any atom is 0.416 e.